The van der Waals surface area contributed by atoms with Gasteiger partial charge in [0.2, 0.25) is 0 Å². The number of carbonyl (C=O) groups excluding carboxylic acids is 1. The van der Waals surface area contributed by atoms with E-state index in [1.165, 1.54) is 4.68 Å². The van der Waals surface area contributed by atoms with Crippen molar-refractivity contribution in [2.45, 2.75) is 5.92 Å². The van der Waals surface area contributed by atoms with Crippen molar-refractivity contribution in [3.8, 4) is 28.1 Å². The molecule has 2 aromatic heterocycles. The van der Waals surface area contributed by atoms with Crippen molar-refractivity contribution < 1.29 is 9.90 Å². The first-order valence-corrected chi connectivity index (χ1v) is 11.1. The second-order valence-electron chi connectivity index (χ2n) is 8.15. The predicted molar refractivity (Wildman–Crippen MR) is 134 cm³/mol. The van der Waals surface area contributed by atoms with E-state index in [2.05, 4.69) is 15.5 Å². The minimum absolute atomic E-state index is 0.120. The van der Waals surface area contributed by atoms with E-state index in [1.807, 2.05) is 60.7 Å². The van der Waals surface area contributed by atoms with Crippen LogP contribution in [0.3, 0.4) is 0 Å². The molecule has 5 aromatic rings. The van der Waals surface area contributed by atoms with Crippen molar-refractivity contribution in [2.75, 3.05) is 5.32 Å². The maximum Gasteiger partial charge on any atom is 0.264 e. The third-order valence-corrected chi connectivity index (χ3v) is 5.92. The molecule has 8 nitrogen and oxygen atoms in total. The summed E-state index contributed by atoms with van der Waals surface area (Å²) in [4.78, 5) is 18.9. The van der Waals surface area contributed by atoms with Crippen LogP contribution in [-0.2, 0) is 0 Å². The number of hydrogen-bond acceptors (Lipinski definition) is 6. The Morgan fingerprint density at radius 2 is 1.54 bits per heavy atom. The Morgan fingerprint density at radius 1 is 0.857 bits per heavy atom. The molecule has 0 saturated heterocycles. The van der Waals surface area contributed by atoms with Gasteiger partial charge in [-0.25, -0.2) is 4.99 Å². The van der Waals surface area contributed by atoms with Gasteiger partial charge in [-0.05, 0) is 23.3 Å². The number of aliphatic imine (C=N–C) groups is 1. The van der Waals surface area contributed by atoms with Gasteiger partial charge in [0.15, 0.2) is 5.82 Å². The predicted octanol–water partition coefficient (Wildman–Crippen LogP) is 5.23. The molecule has 0 aliphatic carbocycles. The Labute approximate surface area is 200 Å². The van der Waals surface area contributed by atoms with E-state index < -0.39 is 5.92 Å². The van der Waals surface area contributed by atoms with Crippen LogP contribution in [0.25, 0.3) is 22.4 Å². The van der Waals surface area contributed by atoms with Gasteiger partial charge in [0.05, 0.1) is 11.8 Å². The standard InChI is InChI=1S/C27H20N6O2/c34-20-13-11-18(12-14-20)23-25(29-21-15-16-28-31-21)30-26-22(17-7-3-1-4-8-17)24(32-33(26)27(23)35)19-9-5-2-6-10-19/h1-16,23,34H,(H2,28,29,30,31). The molecule has 3 aromatic carbocycles. The number of phenolic OH excluding ortho intramolecular Hbond substituents is 1. The quantitative estimate of drug-likeness (QED) is 0.341. The van der Waals surface area contributed by atoms with Crippen LogP contribution >= 0.6 is 0 Å². The monoisotopic (exact) mass is 460 g/mol. The molecule has 3 N–H and O–H groups in total. The summed E-state index contributed by atoms with van der Waals surface area (Å²) in [6.07, 6.45) is 1.62. The Bertz CT molecular complexity index is 1520. The summed E-state index contributed by atoms with van der Waals surface area (Å²) in [5.41, 5.74) is 3.94. The molecule has 0 spiro atoms. The molecule has 0 radical (unpaired) electrons. The Kier molecular flexibility index (Phi) is 4.96. The van der Waals surface area contributed by atoms with Gasteiger partial charge in [-0.3, -0.25) is 9.89 Å². The molecule has 1 aliphatic heterocycles. The van der Waals surface area contributed by atoms with Gasteiger partial charge in [-0.1, -0.05) is 72.8 Å². The van der Waals surface area contributed by atoms with E-state index in [-0.39, 0.29) is 11.7 Å². The molecule has 0 saturated carbocycles. The summed E-state index contributed by atoms with van der Waals surface area (Å²) >= 11 is 0. The largest absolute Gasteiger partial charge is 0.508 e. The van der Waals surface area contributed by atoms with E-state index in [1.54, 1.807) is 36.5 Å². The third kappa shape index (κ3) is 3.67. The maximum absolute atomic E-state index is 14.0. The van der Waals surface area contributed by atoms with Crippen molar-refractivity contribution in [1.82, 2.24) is 20.0 Å². The fraction of sp³-hybridized carbons (Fsp3) is 0.0370. The molecule has 8 heteroatoms. The van der Waals surface area contributed by atoms with Gasteiger partial charge in [0.1, 0.15) is 29.0 Å². The zero-order valence-electron chi connectivity index (χ0n) is 18.5. The average Bonchev–Trinajstić information content (AvgIpc) is 3.54. The van der Waals surface area contributed by atoms with Crippen molar-refractivity contribution in [3.05, 3.63) is 103 Å². The molecule has 0 bridgehead atoms. The van der Waals surface area contributed by atoms with Gasteiger partial charge >= 0.3 is 0 Å². The van der Waals surface area contributed by atoms with Crippen molar-refractivity contribution in [2.24, 2.45) is 4.99 Å². The number of amidine groups is 1. The summed E-state index contributed by atoms with van der Waals surface area (Å²) in [5, 5.41) is 24.6. The van der Waals surface area contributed by atoms with E-state index >= 15 is 0 Å². The highest BCUT2D eigenvalue weighted by atomic mass is 16.3. The number of fused-ring (bicyclic) bond motifs is 1. The molecule has 1 atom stereocenters. The van der Waals surface area contributed by atoms with Crippen molar-refractivity contribution in [1.29, 1.82) is 0 Å². The number of carbonyl (C=O) groups is 1. The summed E-state index contributed by atoms with van der Waals surface area (Å²) in [5.74, 6) is 0.624. The third-order valence-electron chi connectivity index (χ3n) is 5.92. The first-order chi connectivity index (χ1) is 17.2. The van der Waals surface area contributed by atoms with Crippen LogP contribution in [0.15, 0.2) is 102 Å². The Morgan fingerprint density at radius 3 is 2.20 bits per heavy atom. The number of aromatic amines is 1. The molecule has 3 heterocycles. The van der Waals surface area contributed by atoms with E-state index in [0.717, 1.165) is 16.7 Å². The molecular weight excluding hydrogens is 440 g/mol. The molecular formula is C27H20N6O2. The number of H-pyrrole nitrogens is 1. The lowest BCUT2D eigenvalue weighted by molar-refractivity contribution is 0.0886. The number of anilines is 1. The fourth-order valence-electron chi connectivity index (χ4n) is 4.28. The van der Waals surface area contributed by atoms with E-state index in [0.29, 0.717) is 28.7 Å². The van der Waals surface area contributed by atoms with E-state index in [4.69, 9.17) is 10.1 Å². The number of phenols is 1. The molecule has 170 valence electrons. The normalized spacial score (nSPS) is 14.9. The summed E-state index contributed by atoms with van der Waals surface area (Å²) in [7, 11) is 0. The summed E-state index contributed by atoms with van der Waals surface area (Å²) < 4.78 is 1.39. The average molecular weight is 460 g/mol. The maximum atomic E-state index is 14.0. The first-order valence-electron chi connectivity index (χ1n) is 11.1. The zero-order chi connectivity index (χ0) is 23.8. The lowest BCUT2D eigenvalue weighted by Gasteiger charge is -2.24. The van der Waals surface area contributed by atoms with Crippen LogP contribution in [0.4, 0.5) is 11.6 Å². The van der Waals surface area contributed by atoms with Crippen LogP contribution in [0.5, 0.6) is 5.75 Å². The number of hydrogen-bond donors (Lipinski definition) is 3. The topological polar surface area (TPSA) is 108 Å². The van der Waals surface area contributed by atoms with Crippen LogP contribution in [-0.4, -0.2) is 36.8 Å². The van der Waals surface area contributed by atoms with Gasteiger partial charge in [0, 0.05) is 11.6 Å². The lowest BCUT2D eigenvalue weighted by atomic mass is 9.94. The molecule has 6 rings (SSSR count). The second-order valence-corrected chi connectivity index (χ2v) is 8.15. The molecule has 1 unspecified atom stereocenters. The number of benzene rings is 3. The number of aromatic nitrogens is 4. The highest BCUT2D eigenvalue weighted by Crippen LogP contribution is 2.42. The fourth-order valence-corrected chi connectivity index (χ4v) is 4.28. The molecule has 0 amide bonds. The van der Waals surface area contributed by atoms with Crippen molar-refractivity contribution >= 4 is 23.4 Å². The second kappa shape index (κ2) is 8.42. The zero-order valence-corrected chi connectivity index (χ0v) is 18.5. The van der Waals surface area contributed by atoms with Gasteiger partial charge in [-0.15, -0.1) is 0 Å². The first kappa shape index (κ1) is 20.6. The smallest absolute Gasteiger partial charge is 0.264 e. The number of nitrogens with zero attached hydrogens (tertiary/aromatic N) is 4. The van der Waals surface area contributed by atoms with Crippen LogP contribution in [0.2, 0.25) is 0 Å². The molecule has 1 aliphatic rings. The van der Waals surface area contributed by atoms with Crippen LogP contribution in [0, 0.1) is 0 Å². The highest BCUT2D eigenvalue weighted by Gasteiger charge is 2.37. The number of nitrogens with one attached hydrogen (secondary N) is 2. The number of aromatic hydroxyl groups is 1. The minimum Gasteiger partial charge on any atom is -0.508 e. The van der Waals surface area contributed by atoms with Crippen molar-refractivity contribution in [3.63, 3.8) is 0 Å². The van der Waals surface area contributed by atoms with Crippen LogP contribution in [0.1, 0.15) is 16.3 Å². The summed E-state index contributed by atoms with van der Waals surface area (Å²) in [6, 6.07) is 27.9. The SMILES string of the molecule is O=C1C(c2ccc(O)cc2)C(Nc2ccn[nH]2)=Nc2c(-c3ccccc3)c(-c3ccccc3)nn21. The van der Waals surface area contributed by atoms with E-state index in [9.17, 15) is 9.90 Å². The Hall–Kier alpha value is -4.98. The number of rotatable bonds is 4. The highest BCUT2D eigenvalue weighted by molar-refractivity contribution is 6.18. The minimum atomic E-state index is -0.751. The Balaban J connectivity index is 1.59. The van der Waals surface area contributed by atoms with Gasteiger partial charge in [0.25, 0.3) is 5.91 Å². The molecule has 0 fully saturated rings. The molecule has 35 heavy (non-hydrogen) atoms. The van der Waals surface area contributed by atoms with Crippen LogP contribution < -0.4 is 5.32 Å². The van der Waals surface area contributed by atoms with Gasteiger partial charge < -0.3 is 10.4 Å². The summed E-state index contributed by atoms with van der Waals surface area (Å²) in [6.45, 7) is 0. The lowest BCUT2D eigenvalue weighted by Crippen LogP contribution is -2.35. The van der Waals surface area contributed by atoms with Gasteiger partial charge in [-0.2, -0.15) is 14.9 Å².